The molecule has 142 valence electrons. The van der Waals surface area contributed by atoms with Crippen molar-refractivity contribution >= 4 is 23.2 Å². The smallest absolute Gasteiger partial charge is 0.166 e. The fourth-order valence-corrected chi connectivity index (χ4v) is 3.62. The summed E-state index contributed by atoms with van der Waals surface area (Å²) in [6, 6.07) is 17.1. The van der Waals surface area contributed by atoms with Gasteiger partial charge in [0.15, 0.2) is 11.6 Å². The molecule has 1 saturated heterocycles. The van der Waals surface area contributed by atoms with Gasteiger partial charge in [0.1, 0.15) is 5.82 Å². The lowest BCUT2D eigenvalue weighted by Gasteiger charge is -2.31. The number of piperidine rings is 1. The lowest BCUT2D eigenvalue weighted by molar-refractivity contribution is 0.0900. The van der Waals surface area contributed by atoms with Crippen LogP contribution in [-0.2, 0) is 0 Å². The number of benzene rings is 2. The van der Waals surface area contributed by atoms with E-state index in [4.69, 9.17) is 11.6 Å². The van der Waals surface area contributed by atoms with Crippen molar-refractivity contribution in [2.45, 2.75) is 12.8 Å². The molecule has 1 fully saturated rings. The predicted octanol–water partition coefficient (Wildman–Crippen LogP) is 5.04. The van der Waals surface area contributed by atoms with Crippen LogP contribution >= 0.6 is 11.6 Å². The molecule has 2 heterocycles. The molecule has 4 nitrogen and oxygen atoms in total. The van der Waals surface area contributed by atoms with Crippen LogP contribution < -0.4 is 4.90 Å². The molecule has 0 spiro atoms. The number of hydrogen-bond acceptors (Lipinski definition) is 4. The topological polar surface area (TPSA) is 46.1 Å². The second kappa shape index (κ2) is 8.07. The van der Waals surface area contributed by atoms with Crippen LogP contribution in [0.5, 0.6) is 0 Å². The molecule has 0 radical (unpaired) electrons. The van der Waals surface area contributed by atoms with Gasteiger partial charge in [-0.15, -0.1) is 10.2 Å². The summed E-state index contributed by atoms with van der Waals surface area (Å²) < 4.78 is 13.1. The highest BCUT2D eigenvalue weighted by molar-refractivity contribution is 6.30. The Hall–Kier alpha value is -2.79. The maximum Gasteiger partial charge on any atom is 0.166 e. The summed E-state index contributed by atoms with van der Waals surface area (Å²) in [5.74, 6) is 0.713. The summed E-state index contributed by atoms with van der Waals surface area (Å²) in [5, 5.41) is 9.23. The van der Waals surface area contributed by atoms with E-state index in [2.05, 4.69) is 15.1 Å². The van der Waals surface area contributed by atoms with Crippen LogP contribution in [-0.4, -0.2) is 29.1 Å². The average molecular weight is 396 g/mol. The van der Waals surface area contributed by atoms with E-state index in [1.807, 2.05) is 12.1 Å². The van der Waals surface area contributed by atoms with Crippen molar-refractivity contribution < 1.29 is 9.18 Å². The molecule has 0 unspecified atom stereocenters. The zero-order chi connectivity index (χ0) is 19.5. The summed E-state index contributed by atoms with van der Waals surface area (Å²) in [6.45, 7) is 1.52. The number of anilines is 1. The van der Waals surface area contributed by atoms with Crippen molar-refractivity contribution in [2.24, 2.45) is 5.92 Å². The number of hydrogen-bond donors (Lipinski definition) is 0. The molecule has 1 aliphatic rings. The molecule has 2 aromatic carbocycles. The van der Waals surface area contributed by atoms with E-state index < -0.39 is 0 Å². The number of ketones is 1. The molecule has 1 aromatic heterocycles. The van der Waals surface area contributed by atoms with Crippen LogP contribution in [0.1, 0.15) is 23.2 Å². The molecule has 0 atom stereocenters. The van der Waals surface area contributed by atoms with Crippen LogP contribution in [0.2, 0.25) is 5.02 Å². The maximum atomic E-state index is 13.1. The predicted molar refractivity (Wildman–Crippen MR) is 108 cm³/mol. The van der Waals surface area contributed by atoms with E-state index in [1.54, 1.807) is 36.4 Å². The van der Waals surface area contributed by atoms with Gasteiger partial charge in [0.25, 0.3) is 0 Å². The number of Topliss-reactive ketones (excluding diaryl/α,β-unsaturated/α-hetero) is 1. The number of carbonyl (C=O) groups is 1. The zero-order valence-corrected chi connectivity index (χ0v) is 15.9. The Bertz CT molecular complexity index is 951. The molecular formula is C22H19ClFN3O. The van der Waals surface area contributed by atoms with Gasteiger partial charge in [-0.3, -0.25) is 4.79 Å². The second-order valence-corrected chi connectivity index (χ2v) is 7.35. The first kappa shape index (κ1) is 18.6. The highest BCUT2D eigenvalue weighted by atomic mass is 35.5. The number of rotatable bonds is 4. The summed E-state index contributed by atoms with van der Waals surface area (Å²) in [7, 11) is 0. The Morgan fingerprint density at radius 2 is 1.61 bits per heavy atom. The molecule has 3 aromatic rings. The van der Waals surface area contributed by atoms with Gasteiger partial charge in [0.2, 0.25) is 0 Å². The largest absolute Gasteiger partial charge is 0.355 e. The minimum atomic E-state index is -0.274. The van der Waals surface area contributed by atoms with Crippen LogP contribution in [0.25, 0.3) is 11.3 Å². The monoisotopic (exact) mass is 395 g/mol. The van der Waals surface area contributed by atoms with Gasteiger partial charge in [-0.1, -0.05) is 11.6 Å². The first-order chi connectivity index (χ1) is 13.6. The summed E-state index contributed by atoms with van der Waals surface area (Å²) >= 11 is 5.90. The fourth-order valence-electron chi connectivity index (χ4n) is 3.49. The zero-order valence-electron chi connectivity index (χ0n) is 15.2. The number of halogens is 2. The molecule has 0 amide bonds. The molecule has 0 aliphatic carbocycles. The van der Waals surface area contributed by atoms with Gasteiger partial charge in [-0.2, -0.15) is 0 Å². The summed E-state index contributed by atoms with van der Waals surface area (Å²) in [4.78, 5) is 14.8. The number of nitrogens with zero attached hydrogens (tertiary/aromatic N) is 3. The van der Waals surface area contributed by atoms with Crippen molar-refractivity contribution in [1.82, 2.24) is 10.2 Å². The van der Waals surface area contributed by atoms with Crippen LogP contribution in [0.15, 0.2) is 60.7 Å². The Kier molecular flexibility index (Phi) is 5.35. The van der Waals surface area contributed by atoms with E-state index in [-0.39, 0.29) is 17.5 Å². The van der Waals surface area contributed by atoms with E-state index in [1.165, 1.54) is 12.1 Å². The van der Waals surface area contributed by atoms with Crippen LogP contribution in [0, 0.1) is 11.7 Å². The Morgan fingerprint density at radius 3 is 2.21 bits per heavy atom. The SMILES string of the molecule is O=C(c1ccc(Cl)cc1)C1CCN(c2ccc(-c3ccc(F)cc3)nn2)CC1. The molecular weight excluding hydrogens is 377 g/mol. The molecule has 28 heavy (non-hydrogen) atoms. The molecule has 0 N–H and O–H groups in total. The van der Waals surface area contributed by atoms with Gasteiger partial charge < -0.3 is 4.90 Å². The third-order valence-electron chi connectivity index (χ3n) is 5.11. The number of aromatic nitrogens is 2. The van der Waals surface area contributed by atoms with Crippen molar-refractivity contribution in [3.8, 4) is 11.3 Å². The summed E-state index contributed by atoms with van der Waals surface area (Å²) in [6.07, 6.45) is 1.56. The van der Waals surface area contributed by atoms with Crippen LogP contribution in [0.3, 0.4) is 0 Å². The normalized spacial score (nSPS) is 14.9. The maximum absolute atomic E-state index is 13.1. The molecule has 1 aliphatic heterocycles. The van der Waals surface area contributed by atoms with E-state index >= 15 is 0 Å². The Balaban J connectivity index is 1.39. The Morgan fingerprint density at radius 1 is 0.929 bits per heavy atom. The van der Waals surface area contributed by atoms with Crippen molar-refractivity contribution in [2.75, 3.05) is 18.0 Å². The van der Waals surface area contributed by atoms with Gasteiger partial charge in [-0.05, 0) is 73.5 Å². The lowest BCUT2D eigenvalue weighted by atomic mass is 9.89. The fraction of sp³-hybridized carbons (Fsp3) is 0.227. The van der Waals surface area contributed by atoms with Crippen LogP contribution in [0.4, 0.5) is 10.2 Å². The van der Waals surface area contributed by atoms with E-state index in [0.29, 0.717) is 16.3 Å². The molecule has 0 bridgehead atoms. The molecule has 0 saturated carbocycles. The second-order valence-electron chi connectivity index (χ2n) is 6.92. The van der Waals surface area contributed by atoms with Crippen molar-refractivity contribution in [3.05, 3.63) is 77.1 Å². The highest BCUT2D eigenvalue weighted by Gasteiger charge is 2.26. The van der Waals surface area contributed by atoms with E-state index in [9.17, 15) is 9.18 Å². The molecule has 4 rings (SSSR count). The first-order valence-corrected chi connectivity index (χ1v) is 9.62. The third kappa shape index (κ3) is 4.04. The quantitative estimate of drug-likeness (QED) is 0.581. The minimum Gasteiger partial charge on any atom is -0.355 e. The molecule has 6 heteroatoms. The first-order valence-electron chi connectivity index (χ1n) is 9.24. The average Bonchev–Trinajstić information content (AvgIpc) is 2.75. The van der Waals surface area contributed by atoms with Crippen molar-refractivity contribution in [3.63, 3.8) is 0 Å². The highest BCUT2D eigenvalue weighted by Crippen LogP contribution is 2.26. The van der Waals surface area contributed by atoms with Gasteiger partial charge in [0, 0.05) is 35.2 Å². The van der Waals surface area contributed by atoms with Gasteiger partial charge in [0.05, 0.1) is 5.69 Å². The van der Waals surface area contributed by atoms with Crippen molar-refractivity contribution in [1.29, 1.82) is 0 Å². The van der Waals surface area contributed by atoms with E-state index in [0.717, 1.165) is 37.3 Å². The minimum absolute atomic E-state index is 0.0175. The van der Waals surface area contributed by atoms with Gasteiger partial charge in [-0.25, -0.2) is 4.39 Å². The van der Waals surface area contributed by atoms with Gasteiger partial charge >= 0.3 is 0 Å². The number of carbonyl (C=O) groups excluding carboxylic acids is 1. The third-order valence-corrected chi connectivity index (χ3v) is 5.36. The summed E-state index contributed by atoms with van der Waals surface area (Å²) in [5.41, 5.74) is 2.25. The Labute approximate surface area is 168 Å². The lowest BCUT2D eigenvalue weighted by Crippen LogP contribution is -2.37. The standard InChI is InChI=1S/C22H19ClFN3O/c23-18-5-1-16(2-6-18)22(28)17-11-13-27(14-12-17)21-10-9-20(25-26-21)15-3-7-19(24)8-4-15/h1-10,17H,11-14H2.